The van der Waals surface area contributed by atoms with E-state index in [0.717, 1.165) is 25.7 Å². The van der Waals surface area contributed by atoms with Crippen LogP contribution in [0.4, 0.5) is 0 Å². The molecule has 1 fully saturated rings. The summed E-state index contributed by atoms with van der Waals surface area (Å²) in [6, 6.07) is 13.0. The fourth-order valence-electron chi connectivity index (χ4n) is 2.74. The van der Waals surface area contributed by atoms with Crippen LogP contribution in [0.2, 0.25) is 0 Å². The van der Waals surface area contributed by atoms with Crippen molar-refractivity contribution in [2.24, 2.45) is 0 Å². The fraction of sp³-hybridized carbons (Fsp3) is 0.389. The summed E-state index contributed by atoms with van der Waals surface area (Å²) in [6.45, 7) is 0.301. The molecule has 1 aromatic carbocycles. The van der Waals surface area contributed by atoms with E-state index in [4.69, 9.17) is 9.47 Å². The van der Waals surface area contributed by atoms with Gasteiger partial charge in [0.25, 0.3) is 0 Å². The number of ether oxygens (including phenoxy) is 2. The maximum absolute atomic E-state index is 10.5. The second kappa shape index (κ2) is 6.79. The summed E-state index contributed by atoms with van der Waals surface area (Å²) in [5.41, 5.74) is -0.712. The first-order chi connectivity index (χ1) is 10.8. The van der Waals surface area contributed by atoms with Gasteiger partial charge < -0.3 is 14.6 Å². The maximum Gasteiger partial charge on any atom is 0.219 e. The van der Waals surface area contributed by atoms with E-state index < -0.39 is 5.60 Å². The van der Waals surface area contributed by atoms with Crippen LogP contribution in [0.25, 0.3) is 0 Å². The zero-order valence-electron chi connectivity index (χ0n) is 12.6. The summed E-state index contributed by atoms with van der Waals surface area (Å²) in [5.74, 6) is 1.77. The third-order valence-corrected chi connectivity index (χ3v) is 3.98. The highest BCUT2D eigenvalue weighted by Crippen LogP contribution is 2.33. The Balaban J connectivity index is 1.68. The van der Waals surface area contributed by atoms with E-state index in [0.29, 0.717) is 24.0 Å². The summed E-state index contributed by atoms with van der Waals surface area (Å²) in [5, 5.41) is 10.5. The van der Waals surface area contributed by atoms with Crippen LogP contribution in [0.5, 0.6) is 17.4 Å². The smallest absolute Gasteiger partial charge is 0.219 e. The topological polar surface area (TPSA) is 51.6 Å². The van der Waals surface area contributed by atoms with Crippen molar-refractivity contribution in [1.82, 2.24) is 4.98 Å². The Hall–Kier alpha value is -2.07. The first-order valence-electron chi connectivity index (χ1n) is 7.78. The first-order valence-corrected chi connectivity index (χ1v) is 7.78. The number of aromatic nitrogens is 1. The van der Waals surface area contributed by atoms with Crippen molar-refractivity contribution in [3.8, 4) is 17.4 Å². The third kappa shape index (κ3) is 3.77. The second-order valence-corrected chi connectivity index (χ2v) is 5.79. The summed E-state index contributed by atoms with van der Waals surface area (Å²) < 4.78 is 11.6. The number of pyridine rings is 1. The van der Waals surface area contributed by atoms with Crippen LogP contribution in [0.3, 0.4) is 0 Å². The molecular weight excluding hydrogens is 278 g/mol. The van der Waals surface area contributed by atoms with Gasteiger partial charge >= 0.3 is 0 Å². The van der Waals surface area contributed by atoms with E-state index in [1.54, 1.807) is 12.3 Å². The molecule has 3 rings (SSSR count). The van der Waals surface area contributed by atoms with Crippen LogP contribution >= 0.6 is 0 Å². The molecular formula is C18H21NO3. The van der Waals surface area contributed by atoms with Crippen LogP contribution in [-0.2, 0) is 0 Å². The fourth-order valence-corrected chi connectivity index (χ4v) is 2.74. The molecule has 2 aromatic rings. The molecule has 0 unspecified atom stereocenters. The minimum absolute atomic E-state index is 0.301. The molecule has 4 nitrogen and oxygen atoms in total. The molecule has 1 aromatic heterocycles. The lowest BCUT2D eigenvalue weighted by molar-refractivity contribution is -0.0342. The molecule has 0 saturated heterocycles. The SMILES string of the molecule is OC1(COc2ccccc2Oc2ccccn2)CCCCC1. The van der Waals surface area contributed by atoms with Gasteiger partial charge in [0.15, 0.2) is 11.5 Å². The Morgan fingerprint density at radius 1 is 0.955 bits per heavy atom. The molecule has 1 saturated carbocycles. The Bertz CT molecular complexity index is 594. The van der Waals surface area contributed by atoms with Gasteiger partial charge in [-0.1, -0.05) is 37.5 Å². The molecule has 1 heterocycles. The van der Waals surface area contributed by atoms with Gasteiger partial charge in [-0.3, -0.25) is 0 Å². The number of hydrogen-bond donors (Lipinski definition) is 1. The van der Waals surface area contributed by atoms with Crippen LogP contribution in [0.1, 0.15) is 32.1 Å². The lowest BCUT2D eigenvalue weighted by Crippen LogP contribution is -2.37. The Kier molecular flexibility index (Phi) is 4.59. The van der Waals surface area contributed by atoms with Crippen molar-refractivity contribution in [2.75, 3.05) is 6.61 Å². The quantitative estimate of drug-likeness (QED) is 0.908. The van der Waals surface area contributed by atoms with Crippen molar-refractivity contribution in [3.05, 3.63) is 48.7 Å². The van der Waals surface area contributed by atoms with Gasteiger partial charge in [0.05, 0.1) is 5.60 Å². The molecule has 0 spiro atoms. The highest BCUT2D eigenvalue weighted by atomic mass is 16.5. The standard InChI is InChI=1S/C18H21NO3/c20-18(11-5-1-6-12-18)14-21-15-8-2-3-9-16(15)22-17-10-4-7-13-19-17/h2-4,7-10,13,20H,1,5-6,11-12,14H2. The summed E-state index contributed by atoms with van der Waals surface area (Å²) in [4.78, 5) is 4.15. The van der Waals surface area contributed by atoms with E-state index in [-0.39, 0.29) is 0 Å². The summed E-state index contributed by atoms with van der Waals surface area (Å²) in [6.07, 6.45) is 6.61. The van der Waals surface area contributed by atoms with E-state index in [1.165, 1.54) is 6.42 Å². The van der Waals surface area contributed by atoms with E-state index in [1.807, 2.05) is 36.4 Å². The van der Waals surface area contributed by atoms with E-state index in [9.17, 15) is 5.11 Å². The highest BCUT2D eigenvalue weighted by Gasteiger charge is 2.30. The molecule has 0 aliphatic heterocycles. The van der Waals surface area contributed by atoms with Gasteiger partial charge in [-0.15, -0.1) is 0 Å². The van der Waals surface area contributed by atoms with Gasteiger partial charge in [-0.2, -0.15) is 0 Å². The molecule has 1 N–H and O–H groups in total. The van der Waals surface area contributed by atoms with Crippen molar-refractivity contribution in [1.29, 1.82) is 0 Å². The average Bonchev–Trinajstić information content (AvgIpc) is 2.56. The lowest BCUT2D eigenvalue weighted by Gasteiger charge is -2.31. The molecule has 1 aliphatic carbocycles. The Morgan fingerprint density at radius 3 is 2.41 bits per heavy atom. The van der Waals surface area contributed by atoms with Gasteiger partial charge in [-0.25, -0.2) is 4.98 Å². The second-order valence-electron chi connectivity index (χ2n) is 5.79. The van der Waals surface area contributed by atoms with E-state index >= 15 is 0 Å². The largest absolute Gasteiger partial charge is 0.487 e. The van der Waals surface area contributed by atoms with Crippen molar-refractivity contribution >= 4 is 0 Å². The zero-order chi connectivity index (χ0) is 15.3. The third-order valence-electron chi connectivity index (χ3n) is 3.98. The average molecular weight is 299 g/mol. The molecule has 4 heteroatoms. The molecule has 0 amide bonds. The van der Waals surface area contributed by atoms with Crippen LogP contribution in [0.15, 0.2) is 48.7 Å². The number of hydrogen-bond acceptors (Lipinski definition) is 4. The molecule has 1 aliphatic rings. The van der Waals surface area contributed by atoms with E-state index in [2.05, 4.69) is 4.98 Å². The first kappa shape index (κ1) is 14.9. The number of aliphatic hydroxyl groups is 1. The van der Waals surface area contributed by atoms with Crippen molar-refractivity contribution < 1.29 is 14.6 Å². The molecule has 0 bridgehead atoms. The molecule has 22 heavy (non-hydrogen) atoms. The number of benzene rings is 1. The molecule has 0 radical (unpaired) electrons. The Morgan fingerprint density at radius 2 is 1.68 bits per heavy atom. The summed E-state index contributed by atoms with van der Waals surface area (Å²) in [7, 11) is 0. The number of rotatable bonds is 5. The highest BCUT2D eigenvalue weighted by molar-refractivity contribution is 5.41. The predicted octanol–water partition coefficient (Wildman–Crippen LogP) is 3.95. The van der Waals surface area contributed by atoms with Crippen LogP contribution in [-0.4, -0.2) is 22.3 Å². The molecule has 0 atom stereocenters. The zero-order valence-corrected chi connectivity index (χ0v) is 12.6. The van der Waals surface area contributed by atoms with Crippen molar-refractivity contribution in [2.45, 2.75) is 37.7 Å². The van der Waals surface area contributed by atoms with Crippen LogP contribution in [0, 0.1) is 0 Å². The van der Waals surface area contributed by atoms with Crippen molar-refractivity contribution in [3.63, 3.8) is 0 Å². The number of para-hydroxylation sites is 2. The molecule has 116 valence electrons. The minimum Gasteiger partial charge on any atom is -0.487 e. The Labute approximate surface area is 130 Å². The van der Waals surface area contributed by atoms with Gasteiger partial charge in [-0.05, 0) is 31.0 Å². The summed E-state index contributed by atoms with van der Waals surface area (Å²) >= 11 is 0. The normalized spacial score (nSPS) is 17.0. The minimum atomic E-state index is -0.712. The maximum atomic E-state index is 10.5. The lowest BCUT2D eigenvalue weighted by atomic mass is 9.85. The number of nitrogens with zero attached hydrogens (tertiary/aromatic N) is 1. The predicted molar refractivity (Wildman–Crippen MR) is 84.3 cm³/mol. The van der Waals surface area contributed by atoms with Gasteiger partial charge in [0.1, 0.15) is 6.61 Å². The van der Waals surface area contributed by atoms with Crippen LogP contribution < -0.4 is 9.47 Å². The monoisotopic (exact) mass is 299 g/mol. The van der Waals surface area contributed by atoms with Gasteiger partial charge in [0, 0.05) is 12.3 Å². The van der Waals surface area contributed by atoms with Gasteiger partial charge in [0.2, 0.25) is 5.88 Å².